The molecule has 1 aliphatic heterocycles. The van der Waals surface area contributed by atoms with Crippen LogP contribution < -0.4 is 10.9 Å². The highest BCUT2D eigenvalue weighted by Gasteiger charge is 2.31. The fourth-order valence-corrected chi connectivity index (χ4v) is 3.71. The Morgan fingerprint density at radius 3 is 2.47 bits per heavy atom. The van der Waals surface area contributed by atoms with Crippen LogP contribution >= 0.6 is 11.8 Å². The maximum Gasteiger partial charge on any atom is 0.322 e. The Morgan fingerprint density at radius 1 is 1.20 bits per heavy atom. The van der Waals surface area contributed by atoms with Gasteiger partial charge >= 0.3 is 5.97 Å². The van der Waals surface area contributed by atoms with E-state index in [1.807, 2.05) is 30.5 Å². The normalized spacial score (nSPS) is 13.1. The SMILES string of the molecule is CSc1ccc(Cn2c3c(c(O)c(C(=O)NCC(=O)O)c2=O)CC(=O)N(C)C3)cc1. The summed E-state index contributed by atoms with van der Waals surface area (Å²) in [7, 11) is 1.60. The van der Waals surface area contributed by atoms with Crippen molar-refractivity contribution in [3.8, 4) is 5.75 Å². The second-order valence-corrected chi connectivity index (χ2v) is 7.77. The minimum Gasteiger partial charge on any atom is -0.507 e. The van der Waals surface area contributed by atoms with Crippen molar-refractivity contribution in [1.82, 2.24) is 14.8 Å². The van der Waals surface area contributed by atoms with Crippen LogP contribution in [-0.4, -0.2) is 57.3 Å². The second-order valence-electron chi connectivity index (χ2n) is 6.89. The van der Waals surface area contributed by atoms with Crippen molar-refractivity contribution in [3.05, 3.63) is 57.0 Å². The number of aromatic nitrogens is 1. The predicted molar refractivity (Wildman–Crippen MR) is 110 cm³/mol. The van der Waals surface area contributed by atoms with Gasteiger partial charge in [-0.3, -0.25) is 19.2 Å². The number of aromatic hydroxyl groups is 1. The zero-order chi connectivity index (χ0) is 22.0. The molecule has 0 radical (unpaired) electrons. The molecule has 1 aliphatic rings. The minimum absolute atomic E-state index is 0.108. The molecule has 2 heterocycles. The fourth-order valence-electron chi connectivity index (χ4n) is 3.30. The monoisotopic (exact) mass is 431 g/mol. The number of amides is 2. The van der Waals surface area contributed by atoms with Crippen LogP contribution in [0.4, 0.5) is 0 Å². The number of carbonyl (C=O) groups excluding carboxylic acids is 2. The number of likely N-dealkylation sites (N-methyl/N-ethyl adjacent to an activating group) is 1. The van der Waals surface area contributed by atoms with E-state index in [2.05, 4.69) is 5.32 Å². The maximum absolute atomic E-state index is 13.2. The van der Waals surface area contributed by atoms with Crippen molar-refractivity contribution >= 4 is 29.5 Å². The summed E-state index contributed by atoms with van der Waals surface area (Å²) in [6.07, 6.45) is 1.79. The van der Waals surface area contributed by atoms with Gasteiger partial charge in [0, 0.05) is 23.2 Å². The largest absolute Gasteiger partial charge is 0.507 e. The second kappa shape index (κ2) is 8.62. The van der Waals surface area contributed by atoms with Gasteiger partial charge in [0.15, 0.2) is 0 Å². The molecule has 3 rings (SSSR count). The number of nitrogens with zero attached hydrogens (tertiary/aromatic N) is 2. The molecule has 9 nitrogen and oxygen atoms in total. The molecule has 0 fully saturated rings. The molecular weight excluding hydrogens is 410 g/mol. The number of rotatable bonds is 6. The molecule has 158 valence electrons. The van der Waals surface area contributed by atoms with Crippen LogP contribution in [0.1, 0.15) is 27.2 Å². The van der Waals surface area contributed by atoms with Gasteiger partial charge in [-0.2, -0.15) is 0 Å². The molecule has 1 aromatic heterocycles. The molecule has 2 aromatic rings. The smallest absolute Gasteiger partial charge is 0.322 e. The molecule has 1 aromatic carbocycles. The van der Waals surface area contributed by atoms with E-state index in [1.165, 1.54) is 9.47 Å². The first kappa shape index (κ1) is 21.4. The number of thioether (sulfide) groups is 1. The number of carboxylic acid groups (broad SMARTS) is 1. The Kier molecular flexibility index (Phi) is 6.16. The van der Waals surface area contributed by atoms with Gasteiger partial charge in [0.1, 0.15) is 17.9 Å². The number of benzene rings is 1. The predicted octanol–water partition coefficient (Wildman–Crippen LogP) is 0.653. The average Bonchev–Trinajstić information content (AvgIpc) is 2.71. The van der Waals surface area contributed by atoms with Gasteiger partial charge in [0.25, 0.3) is 11.5 Å². The molecule has 30 heavy (non-hydrogen) atoms. The Morgan fingerprint density at radius 2 is 1.87 bits per heavy atom. The van der Waals surface area contributed by atoms with Gasteiger partial charge in [-0.15, -0.1) is 11.8 Å². The van der Waals surface area contributed by atoms with E-state index in [-0.39, 0.29) is 31.0 Å². The summed E-state index contributed by atoms with van der Waals surface area (Å²) in [6.45, 7) is -0.457. The van der Waals surface area contributed by atoms with Crippen molar-refractivity contribution in [3.63, 3.8) is 0 Å². The highest BCUT2D eigenvalue weighted by atomic mass is 32.2. The van der Waals surface area contributed by atoms with E-state index >= 15 is 0 Å². The number of hydrogen-bond acceptors (Lipinski definition) is 6. The summed E-state index contributed by atoms with van der Waals surface area (Å²) in [5.74, 6) is -3.12. The lowest BCUT2D eigenvalue weighted by molar-refractivity contribution is -0.135. The van der Waals surface area contributed by atoms with E-state index in [0.29, 0.717) is 5.69 Å². The molecule has 0 unspecified atom stereocenters. The lowest BCUT2D eigenvalue weighted by Crippen LogP contribution is -2.41. The van der Waals surface area contributed by atoms with E-state index in [4.69, 9.17) is 5.11 Å². The van der Waals surface area contributed by atoms with Crippen molar-refractivity contribution < 1.29 is 24.6 Å². The lowest BCUT2D eigenvalue weighted by Gasteiger charge is -2.29. The zero-order valence-corrected chi connectivity index (χ0v) is 17.3. The van der Waals surface area contributed by atoms with Crippen LogP contribution in [0.5, 0.6) is 5.75 Å². The standard InChI is InChI=1S/C20H21N3O6S/c1-22-10-14-13(7-15(22)24)18(27)17(19(28)21-8-16(25)26)20(29)23(14)9-11-3-5-12(30-2)6-4-11/h3-6,27H,7-10H2,1-2H3,(H,21,28)(H,25,26). The van der Waals surface area contributed by atoms with Crippen molar-refractivity contribution in [2.45, 2.75) is 24.4 Å². The zero-order valence-electron chi connectivity index (χ0n) is 16.5. The van der Waals surface area contributed by atoms with Gasteiger partial charge in [0.2, 0.25) is 5.91 Å². The van der Waals surface area contributed by atoms with Crippen LogP contribution in [0.3, 0.4) is 0 Å². The first-order valence-electron chi connectivity index (χ1n) is 9.07. The van der Waals surface area contributed by atoms with E-state index in [1.54, 1.807) is 18.8 Å². The Hall–Kier alpha value is -3.27. The number of fused-ring (bicyclic) bond motifs is 1. The summed E-state index contributed by atoms with van der Waals surface area (Å²) in [5, 5.41) is 21.5. The summed E-state index contributed by atoms with van der Waals surface area (Å²) in [5.41, 5.74) is 0.153. The Bertz CT molecular complexity index is 1080. The Balaban J connectivity index is 2.13. The summed E-state index contributed by atoms with van der Waals surface area (Å²) in [6, 6.07) is 7.54. The van der Waals surface area contributed by atoms with Crippen LogP contribution in [0.15, 0.2) is 34.0 Å². The number of hydrogen-bond donors (Lipinski definition) is 3. The van der Waals surface area contributed by atoms with Crippen LogP contribution in [-0.2, 0) is 29.1 Å². The minimum atomic E-state index is -1.29. The molecule has 0 atom stereocenters. The summed E-state index contributed by atoms with van der Waals surface area (Å²) >= 11 is 1.58. The molecule has 2 amide bonds. The topological polar surface area (TPSA) is 129 Å². The Labute approximate surface area is 176 Å². The van der Waals surface area contributed by atoms with Crippen molar-refractivity contribution in [2.24, 2.45) is 0 Å². The highest BCUT2D eigenvalue weighted by molar-refractivity contribution is 7.98. The van der Waals surface area contributed by atoms with E-state index < -0.39 is 35.3 Å². The molecule has 0 bridgehead atoms. The third-order valence-corrected chi connectivity index (χ3v) is 5.67. The number of nitrogens with one attached hydrogen (secondary N) is 1. The van der Waals surface area contributed by atoms with E-state index in [9.17, 15) is 24.3 Å². The van der Waals surface area contributed by atoms with Gasteiger partial charge in [-0.25, -0.2) is 0 Å². The summed E-state index contributed by atoms with van der Waals surface area (Å²) < 4.78 is 1.36. The number of carbonyl (C=O) groups is 3. The van der Waals surface area contributed by atoms with Crippen LogP contribution in [0, 0.1) is 0 Å². The molecule has 0 saturated carbocycles. The van der Waals surface area contributed by atoms with Gasteiger partial charge in [-0.05, 0) is 24.0 Å². The fraction of sp³-hybridized carbons (Fsp3) is 0.300. The van der Waals surface area contributed by atoms with Crippen LogP contribution in [0.25, 0.3) is 0 Å². The number of carboxylic acids is 1. The average molecular weight is 431 g/mol. The van der Waals surface area contributed by atoms with Gasteiger partial charge < -0.3 is 25.0 Å². The first-order chi connectivity index (χ1) is 14.2. The summed E-state index contributed by atoms with van der Waals surface area (Å²) in [4.78, 5) is 51.1. The van der Waals surface area contributed by atoms with E-state index in [0.717, 1.165) is 10.5 Å². The van der Waals surface area contributed by atoms with Crippen LogP contribution in [0.2, 0.25) is 0 Å². The quantitative estimate of drug-likeness (QED) is 0.573. The van der Waals surface area contributed by atoms with Crippen molar-refractivity contribution in [2.75, 3.05) is 19.8 Å². The third kappa shape index (κ3) is 4.18. The molecule has 10 heteroatoms. The lowest BCUT2D eigenvalue weighted by atomic mass is 9.99. The number of aliphatic carboxylic acids is 1. The molecule has 0 spiro atoms. The molecule has 0 saturated heterocycles. The van der Waals surface area contributed by atoms with Gasteiger partial charge in [-0.1, -0.05) is 12.1 Å². The molecule has 3 N–H and O–H groups in total. The first-order valence-corrected chi connectivity index (χ1v) is 10.3. The number of pyridine rings is 1. The highest BCUT2D eigenvalue weighted by Crippen LogP contribution is 2.29. The third-order valence-electron chi connectivity index (χ3n) is 4.92. The van der Waals surface area contributed by atoms with Crippen molar-refractivity contribution in [1.29, 1.82) is 0 Å². The molecular formula is C20H21N3O6S. The maximum atomic E-state index is 13.2. The van der Waals surface area contributed by atoms with Gasteiger partial charge in [0.05, 0.1) is 19.5 Å². The molecule has 0 aliphatic carbocycles.